The van der Waals surface area contributed by atoms with Crippen LogP contribution in [0, 0.1) is 6.92 Å². The van der Waals surface area contributed by atoms with Crippen LogP contribution in [0.25, 0.3) is 10.8 Å². The van der Waals surface area contributed by atoms with Crippen molar-refractivity contribution < 1.29 is 37.0 Å². The highest BCUT2D eigenvalue weighted by Crippen LogP contribution is 2.48. The Kier molecular flexibility index (Phi) is 7.21. The summed E-state index contributed by atoms with van der Waals surface area (Å²) in [6.07, 6.45) is 4.89. The molecule has 4 aromatic rings. The Balaban J connectivity index is 1.72. The maximum Gasteiger partial charge on any atom is 0.330 e. The van der Waals surface area contributed by atoms with Gasteiger partial charge in [0.25, 0.3) is 5.91 Å². The first kappa shape index (κ1) is 28.1. The Bertz CT molecular complexity index is 1700. The van der Waals surface area contributed by atoms with Gasteiger partial charge in [-0.15, -0.1) is 11.3 Å². The lowest BCUT2D eigenvalue weighted by atomic mass is 10.0. The summed E-state index contributed by atoms with van der Waals surface area (Å²) in [4.78, 5) is 34.8. The van der Waals surface area contributed by atoms with Crippen LogP contribution in [-0.2, 0) is 15.0 Å². The average molecular weight is 599 g/mol. The third-order valence-electron chi connectivity index (χ3n) is 6.65. The van der Waals surface area contributed by atoms with Crippen LogP contribution in [0.1, 0.15) is 41.4 Å². The van der Waals surface area contributed by atoms with Gasteiger partial charge < -0.3 is 19.0 Å². The van der Waals surface area contributed by atoms with E-state index in [0.29, 0.717) is 31.8 Å². The molecule has 1 amide bonds. The maximum atomic E-state index is 14.3. The van der Waals surface area contributed by atoms with Crippen molar-refractivity contribution in [3.8, 4) is 22.3 Å². The quantitative estimate of drug-likeness (QED) is 0.295. The van der Waals surface area contributed by atoms with Gasteiger partial charge in [-0.2, -0.15) is 8.42 Å². The summed E-state index contributed by atoms with van der Waals surface area (Å²) in [6.45, 7) is 3.62. The van der Waals surface area contributed by atoms with Crippen LogP contribution in [0.2, 0.25) is 0 Å². The second kappa shape index (κ2) is 10.5. The molecule has 0 fully saturated rings. The van der Waals surface area contributed by atoms with E-state index in [4.69, 9.17) is 13.9 Å². The fourth-order valence-corrected chi connectivity index (χ4v) is 7.87. The highest BCUT2D eigenvalue weighted by molar-refractivity contribution is 7.91. The zero-order chi connectivity index (χ0) is 29.5. The summed E-state index contributed by atoms with van der Waals surface area (Å²) in [5.41, 5.74) is -1.15. The number of thiophene rings is 1. The van der Waals surface area contributed by atoms with Crippen LogP contribution in [0.3, 0.4) is 0 Å². The largest absolute Gasteiger partial charge is 0.496 e. The van der Waals surface area contributed by atoms with E-state index < -0.39 is 33.7 Å². The van der Waals surface area contributed by atoms with Crippen LogP contribution in [0.15, 0.2) is 65.7 Å². The Labute approximate surface area is 240 Å². The highest BCUT2D eigenvalue weighted by atomic mass is 32.2. The molecule has 0 spiro atoms. The summed E-state index contributed by atoms with van der Waals surface area (Å²) < 4.78 is 47.2. The van der Waals surface area contributed by atoms with Gasteiger partial charge in [-0.25, -0.2) is 18.4 Å². The van der Waals surface area contributed by atoms with Gasteiger partial charge in [0.15, 0.2) is 5.54 Å². The number of para-hydroxylation sites is 1. The lowest BCUT2D eigenvalue weighted by molar-refractivity contribution is -0.145. The number of nitrogens with zero attached hydrogens (tertiary/aromatic N) is 4. The van der Waals surface area contributed by atoms with Crippen LogP contribution in [0.4, 0.5) is 5.00 Å². The molecular weight excluding hydrogens is 572 g/mol. The second-order valence-electron chi connectivity index (χ2n) is 9.58. The lowest BCUT2D eigenvalue weighted by Crippen LogP contribution is -2.62. The van der Waals surface area contributed by atoms with E-state index in [9.17, 15) is 23.1 Å². The first-order valence-corrected chi connectivity index (χ1v) is 14.5. The van der Waals surface area contributed by atoms with Crippen molar-refractivity contribution in [3.63, 3.8) is 0 Å². The molecule has 41 heavy (non-hydrogen) atoms. The molecule has 4 heterocycles. The number of ether oxygens (including phenoxy) is 2. The number of amides is 1. The number of fused-ring (bicyclic) bond motifs is 1. The van der Waals surface area contributed by atoms with Gasteiger partial charge in [0.05, 0.1) is 36.5 Å². The first-order chi connectivity index (χ1) is 19.5. The number of carboxylic acids is 1. The number of aromatic nitrogens is 2. The monoisotopic (exact) mass is 598 g/mol. The van der Waals surface area contributed by atoms with Gasteiger partial charge in [-0.05, 0) is 44.5 Å². The SMILES string of the molecule is COc1ccccc1[C@H](CN1c2sc(-c3ncco3)c(C)c2C(=O)N(C(C)(C)C(=O)O)S1(=O)=O)Oc1cccnc1. The van der Waals surface area contributed by atoms with E-state index in [2.05, 4.69) is 9.97 Å². The molecule has 1 aliphatic rings. The van der Waals surface area contributed by atoms with Crippen LogP contribution in [0.5, 0.6) is 11.5 Å². The number of aliphatic carboxylic acids is 1. The molecule has 1 N–H and O–H groups in total. The van der Waals surface area contributed by atoms with Crippen molar-refractivity contribution in [2.75, 3.05) is 18.0 Å². The molecule has 14 heteroatoms. The molecule has 0 bridgehead atoms. The maximum absolute atomic E-state index is 14.3. The van der Waals surface area contributed by atoms with Crippen molar-refractivity contribution in [3.05, 3.63) is 77.9 Å². The van der Waals surface area contributed by atoms with Crippen molar-refractivity contribution in [2.24, 2.45) is 0 Å². The minimum Gasteiger partial charge on any atom is -0.496 e. The molecule has 1 aliphatic heterocycles. The number of rotatable bonds is 9. The minimum absolute atomic E-state index is 0.0347. The number of methoxy groups -OCH3 is 1. The summed E-state index contributed by atoms with van der Waals surface area (Å²) in [5.74, 6) is -1.45. The van der Waals surface area contributed by atoms with Gasteiger partial charge in [0.2, 0.25) is 5.89 Å². The molecule has 3 aromatic heterocycles. The molecule has 0 saturated heterocycles. The molecule has 1 aromatic carbocycles. The van der Waals surface area contributed by atoms with Gasteiger partial charge >= 0.3 is 16.2 Å². The number of oxazole rings is 1. The summed E-state index contributed by atoms with van der Waals surface area (Å²) in [6, 6.07) is 10.3. The molecule has 0 radical (unpaired) electrons. The Hall–Kier alpha value is -4.43. The zero-order valence-corrected chi connectivity index (χ0v) is 24.1. The number of hydrogen-bond donors (Lipinski definition) is 1. The number of hydrogen-bond acceptors (Lipinski definition) is 10. The molecule has 214 valence electrons. The van der Waals surface area contributed by atoms with Crippen molar-refractivity contribution in [1.29, 1.82) is 0 Å². The molecule has 5 rings (SSSR count). The first-order valence-electron chi connectivity index (χ1n) is 12.3. The lowest BCUT2D eigenvalue weighted by Gasteiger charge is -2.42. The number of carbonyl (C=O) groups excluding carboxylic acids is 1. The molecule has 0 unspecified atom stereocenters. The molecule has 0 aliphatic carbocycles. The van der Waals surface area contributed by atoms with Gasteiger partial charge in [0.1, 0.15) is 28.9 Å². The minimum atomic E-state index is -4.76. The van der Waals surface area contributed by atoms with Crippen molar-refractivity contribution in [2.45, 2.75) is 32.4 Å². The number of benzene rings is 1. The number of carbonyl (C=O) groups is 2. The van der Waals surface area contributed by atoms with E-state index in [-0.39, 0.29) is 23.0 Å². The third-order valence-corrected chi connectivity index (χ3v) is 10.0. The fraction of sp³-hybridized carbons (Fsp3) is 0.259. The van der Waals surface area contributed by atoms with E-state index in [1.54, 1.807) is 49.5 Å². The Morgan fingerprint density at radius 2 is 1.95 bits per heavy atom. The van der Waals surface area contributed by atoms with Crippen LogP contribution >= 0.6 is 11.3 Å². The Morgan fingerprint density at radius 1 is 1.20 bits per heavy atom. The average Bonchev–Trinajstić information content (AvgIpc) is 3.58. The number of pyridine rings is 1. The predicted molar refractivity (Wildman–Crippen MR) is 149 cm³/mol. The molecule has 0 saturated carbocycles. The smallest absolute Gasteiger partial charge is 0.330 e. The molecule has 12 nitrogen and oxygen atoms in total. The van der Waals surface area contributed by atoms with E-state index in [1.165, 1.54) is 25.8 Å². The van der Waals surface area contributed by atoms with E-state index >= 15 is 0 Å². The highest BCUT2D eigenvalue weighted by Gasteiger charge is 2.54. The van der Waals surface area contributed by atoms with Crippen LogP contribution < -0.4 is 13.8 Å². The standard InChI is InChI=1S/C27H26N4O8S2/c1-16-21-24(32)31(27(2,3)26(33)34)41(35,36)30(25(21)40-22(16)23-29-12-13-38-23)15-20(39-17-8-7-11-28-14-17)18-9-5-6-10-19(18)37-4/h5-14,20H,15H2,1-4H3,(H,33,34)/t20-/m0/s1. The summed E-state index contributed by atoms with van der Waals surface area (Å²) in [5, 5.41) is 10.1. The topological polar surface area (TPSA) is 152 Å². The van der Waals surface area contributed by atoms with Gasteiger partial charge in [0, 0.05) is 11.8 Å². The van der Waals surface area contributed by atoms with E-state index in [0.717, 1.165) is 29.5 Å². The van der Waals surface area contributed by atoms with Gasteiger partial charge in [-0.3, -0.25) is 9.78 Å². The zero-order valence-electron chi connectivity index (χ0n) is 22.5. The second-order valence-corrected chi connectivity index (χ2v) is 12.3. The summed E-state index contributed by atoms with van der Waals surface area (Å²) >= 11 is 1.00. The van der Waals surface area contributed by atoms with Crippen molar-refractivity contribution >= 4 is 38.4 Å². The third kappa shape index (κ3) is 4.78. The van der Waals surface area contributed by atoms with E-state index in [1.807, 2.05) is 0 Å². The van der Waals surface area contributed by atoms with Crippen LogP contribution in [-0.4, -0.2) is 58.9 Å². The van der Waals surface area contributed by atoms with Crippen molar-refractivity contribution in [1.82, 2.24) is 14.3 Å². The number of anilines is 1. The predicted octanol–water partition coefficient (Wildman–Crippen LogP) is 4.31. The summed E-state index contributed by atoms with van der Waals surface area (Å²) in [7, 11) is -3.27. The molecular formula is C27H26N4O8S2. The normalized spacial score (nSPS) is 15.4. The number of carboxylic acid groups (broad SMARTS) is 1. The Morgan fingerprint density at radius 3 is 2.59 bits per heavy atom. The molecule has 1 atom stereocenters. The fourth-order valence-electron chi connectivity index (χ4n) is 4.54. The van der Waals surface area contributed by atoms with Gasteiger partial charge in [-0.1, -0.05) is 18.2 Å².